The van der Waals surface area contributed by atoms with Gasteiger partial charge in [-0.15, -0.1) is 0 Å². The van der Waals surface area contributed by atoms with Crippen LogP contribution in [0.1, 0.15) is 25.6 Å². The normalized spacial score (nSPS) is 12.9. The predicted octanol–water partition coefficient (Wildman–Crippen LogP) is 2.69. The minimum absolute atomic E-state index is 0.0668. The molecule has 1 unspecified atom stereocenters. The van der Waals surface area contributed by atoms with Gasteiger partial charge in [0.15, 0.2) is 0 Å². The number of halogens is 1. The lowest BCUT2D eigenvalue weighted by Gasteiger charge is -2.15. The highest BCUT2D eigenvalue weighted by molar-refractivity contribution is 6.35. The van der Waals surface area contributed by atoms with Crippen LogP contribution >= 0.6 is 11.6 Å². The minimum atomic E-state index is -0.175. The quantitative estimate of drug-likeness (QED) is 0.891. The van der Waals surface area contributed by atoms with Gasteiger partial charge in [-0.25, -0.2) is 0 Å². The van der Waals surface area contributed by atoms with Crippen molar-refractivity contribution in [3.63, 3.8) is 0 Å². The molecular weight excluding hydrogens is 236 g/mol. The fourth-order valence-electron chi connectivity index (χ4n) is 2.08. The number of nitrogens with zero attached hydrogens (tertiary/aromatic N) is 1. The zero-order valence-corrected chi connectivity index (χ0v) is 10.7. The number of fused-ring (bicyclic) bond motifs is 1. The van der Waals surface area contributed by atoms with Crippen LogP contribution in [-0.4, -0.2) is 4.57 Å². The van der Waals surface area contributed by atoms with E-state index in [0.29, 0.717) is 17.0 Å². The molecule has 2 N–H and O–H groups in total. The SMILES string of the molecule is CCn1c(C(C)N)cc2cccc(Cl)c2c1=O. The van der Waals surface area contributed by atoms with Gasteiger partial charge >= 0.3 is 0 Å². The third kappa shape index (κ3) is 1.96. The van der Waals surface area contributed by atoms with Gasteiger partial charge < -0.3 is 10.3 Å². The number of aromatic nitrogens is 1. The van der Waals surface area contributed by atoms with Gasteiger partial charge in [0.2, 0.25) is 0 Å². The van der Waals surface area contributed by atoms with Crippen molar-refractivity contribution in [2.24, 2.45) is 5.73 Å². The Balaban J connectivity index is 2.94. The molecule has 0 aliphatic heterocycles. The van der Waals surface area contributed by atoms with Crippen LogP contribution in [0, 0.1) is 0 Å². The Hall–Kier alpha value is -1.32. The summed E-state index contributed by atoms with van der Waals surface area (Å²) in [4.78, 5) is 12.3. The zero-order chi connectivity index (χ0) is 12.6. The molecule has 0 radical (unpaired) electrons. The maximum atomic E-state index is 12.3. The minimum Gasteiger partial charge on any atom is -0.323 e. The van der Waals surface area contributed by atoms with E-state index in [9.17, 15) is 4.79 Å². The zero-order valence-electron chi connectivity index (χ0n) is 9.90. The highest BCUT2D eigenvalue weighted by Gasteiger charge is 2.12. The molecule has 0 fully saturated rings. The standard InChI is InChI=1S/C13H15ClN2O/c1-3-16-11(8(2)15)7-9-5-4-6-10(14)12(9)13(16)17/h4-8H,3,15H2,1-2H3. The van der Waals surface area contributed by atoms with E-state index in [1.54, 1.807) is 10.6 Å². The Bertz CT molecular complexity index is 617. The molecule has 0 bridgehead atoms. The largest absolute Gasteiger partial charge is 0.323 e. The third-order valence-corrected chi connectivity index (χ3v) is 3.22. The second kappa shape index (κ2) is 4.51. The van der Waals surface area contributed by atoms with E-state index in [0.717, 1.165) is 11.1 Å². The van der Waals surface area contributed by atoms with Gasteiger partial charge in [0.05, 0.1) is 10.4 Å². The second-order valence-corrected chi connectivity index (χ2v) is 4.52. The molecule has 2 rings (SSSR count). The van der Waals surface area contributed by atoms with Crippen LogP contribution in [0.2, 0.25) is 5.02 Å². The highest BCUT2D eigenvalue weighted by atomic mass is 35.5. The summed E-state index contributed by atoms with van der Waals surface area (Å²) in [7, 11) is 0. The summed E-state index contributed by atoms with van der Waals surface area (Å²) in [5.41, 5.74) is 6.67. The molecule has 3 nitrogen and oxygen atoms in total. The first-order valence-corrected chi connectivity index (χ1v) is 6.01. The second-order valence-electron chi connectivity index (χ2n) is 4.11. The fraction of sp³-hybridized carbons (Fsp3) is 0.308. The third-order valence-electron chi connectivity index (χ3n) is 2.90. The smallest absolute Gasteiger partial charge is 0.260 e. The molecule has 0 aliphatic rings. The molecule has 0 spiro atoms. The molecular formula is C13H15ClN2O. The topological polar surface area (TPSA) is 48.0 Å². The van der Waals surface area contributed by atoms with Crippen molar-refractivity contribution in [3.8, 4) is 0 Å². The average Bonchev–Trinajstić information content (AvgIpc) is 2.28. The van der Waals surface area contributed by atoms with E-state index in [2.05, 4.69) is 0 Å². The van der Waals surface area contributed by atoms with Gasteiger partial charge in [-0.2, -0.15) is 0 Å². The van der Waals surface area contributed by atoms with Gasteiger partial charge in [0, 0.05) is 18.3 Å². The Kier molecular flexibility index (Phi) is 3.22. The van der Waals surface area contributed by atoms with Crippen LogP contribution in [-0.2, 0) is 6.54 Å². The lowest BCUT2D eigenvalue weighted by molar-refractivity contribution is 0.633. The summed E-state index contributed by atoms with van der Waals surface area (Å²) in [6, 6.07) is 7.22. The average molecular weight is 251 g/mol. The monoisotopic (exact) mass is 250 g/mol. The van der Waals surface area contributed by atoms with Crippen LogP contribution in [0.5, 0.6) is 0 Å². The summed E-state index contributed by atoms with van der Waals surface area (Å²) in [6.07, 6.45) is 0. The molecule has 4 heteroatoms. The summed E-state index contributed by atoms with van der Waals surface area (Å²) < 4.78 is 1.68. The molecule has 1 aromatic heterocycles. The van der Waals surface area contributed by atoms with Gasteiger partial charge in [-0.1, -0.05) is 23.7 Å². The van der Waals surface area contributed by atoms with Crippen molar-refractivity contribution in [3.05, 3.63) is 45.3 Å². The number of benzene rings is 1. The first-order chi connectivity index (χ1) is 8.06. The van der Waals surface area contributed by atoms with E-state index >= 15 is 0 Å². The molecule has 2 aromatic rings. The van der Waals surface area contributed by atoms with Gasteiger partial charge in [-0.3, -0.25) is 4.79 Å². The Morgan fingerprint density at radius 1 is 1.47 bits per heavy atom. The Morgan fingerprint density at radius 2 is 2.18 bits per heavy atom. The van der Waals surface area contributed by atoms with E-state index in [1.807, 2.05) is 32.0 Å². The molecule has 0 amide bonds. The fourth-order valence-corrected chi connectivity index (χ4v) is 2.34. The summed E-state index contributed by atoms with van der Waals surface area (Å²) >= 11 is 6.08. The molecule has 17 heavy (non-hydrogen) atoms. The van der Waals surface area contributed by atoms with Crippen molar-refractivity contribution in [2.75, 3.05) is 0 Å². The summed E-state index contributed by atoms with van der Waals surface area (Å²) in [6.45, 7) is 4.39. The van der Waals surface area contributed by atoms with Gasteiger partial charge in [-0.05, 0) is 31.4 Å². The first-order valence-electron chi connectivity index (χ1n) is 5.63. The van der Waals surface area contributed by atoms with Crippen molar-refractivity contribution in [1.82, 2.24) is 4.57 Å². The van der Waals surface area contributed by atoms with Crippen molar-refractivity contribution in [1.29, 1.82) is 0 Å². The molecule has 0 aliphatic carbocycles. The first kappa shape index (κ1) is 12.1. The number of hydrogen-bond acceptors (Lipinski definition) is 2. The molecule has 0 saturated carbocycles. The molecule has 1 atom stereocenters. The molecule has 0 saturated heterocycles. The number of nitrogens with two attached hydrogens (primary N) is 1. The summed E-state index contributed by atoms with van der Waals surface area (Å²) in [5, 5.41) is 1.91. The van der Waals surface area contributed by atoms with Gasteiger partial charge in [0.1, 0.15) is 0 Å². The molecule has 90 valence electrons. The van der Waals surface area contributed by atoms with Crippen LogP contribution in [0.4, 0.5) is 0 Å². The molecule has 1 heterocycles. The van der Waals surface area contributed by atoms with E-state index in [4.69, 9.17) is 17.3 Å². The maximum absolute atomic E-state index is 12.3. The predicted molar refractivity (Wildman–Crippen MR) is 71.5 cm³/mol. The molecule has 1 aromatic carbocycles. The van der Waals surface area contributed by atoms with Crippen molar-refractivity contribution in [2.45, 2.75) is 26.4 Å². The van der Waals surface area contributed by atoms with E-state index in [-0.39, 0.29) is 11.6 Å². The summed E-state index contributed by atoms with van der Waals surface area (Å²) in [5.74, 6) is 0. The van der Waals surface area contributed by atoms with Gasteiger partial charge in [0.25, 0.3) is 5.56 Å². The number of pyridine rings is 1. The Labute approximate surface area is 105 Å². The van der Waals surface area contributed by atoms with Crippen LogP contribution < -0.4 is 11.3 Å². The van der Waals surface area contributed by atoms with Crippen LogP contribution in [0.15, 0.2) is 29.1 Å². The van der Waals surface area contributed by atoms with Crippen LogP contribution in [0.3, 0.4) is 0 Å². The van der Waals surface area contributed by atoms with E-state index in [1.165, 1.54) is 0 Å². The van der Waals surface area contributed by atoms with E-state index < -0.39 is 0 Å². The maximum Gasteiger partial charge on any atom is 0.260 e. The lowest BCUT2D eigenvalue weighted by Crippen LogP contribution is -2.26. The number of rotatable bonds is 2. The number of hydrogen-bond donors (Lipinski definition) is 1. The lowest BCUT2D eigenvalue weighted by atomic mass is 10.1. The Morgan fingerprint density at radius 3 is 2.76 bits per heavy atom. The van der Waals surface area contributed by atoms with Crippen LogP contribution in [0.25, 0.3) is 10.8 Å². The van der Waals surface area contributed by atoms with Crippen molar-refractivity contribution >= 4 is 22.4 Å². The van der Waals surface area contributed by atoms with Crippen molar-refractivity contribution < 1.29 is 0 Å². The highest BCUT2D eigenvalue weighted by Crippen LogP contribution is 2.22.